The molecule has 1 aliphatic heterocycles. The maximum Gasteiger partial charge on any atom is 0.243 e. The fourth-order valence-corrected chi connectivity index (χ4v) is 4.93. The summed E-state index contributed by atoms with van der Waals surface area (Å²) in [7, 11) is -1.77. The van der Waals surface area contributed by atoms with E-state index >= 15 is 0 Å². The van der Waals surface area contributed by atoms with Crippen molar-refractivity contribution in [1.29, 1.82) is 0 Å². The third kappa shape index (κ3) is 5.72. The van der Waals surface area contributed by atoms with Crippen molar-refractivity contribution >= 4 is 10.0 Å². The summed E-state index contributed by atoms with van der Waals surface area (Å²) in [6, 6.07) is 15.4. The van der Waals surface area contributed by atoms with E-state index < -0.39 is 10.0 Å². The third-order valence-electron chi connectivity index (χ3n) is 5.57. The highest BCUT2D eigenvalue weighted by atomic mass is 35.5. The molecule has 0 amide bonds. The molecule has 1 fully saturated rings. The molecular formula is C22H30ClN2O3S-. The minimum atomic E-state index is -3.43. The highest BCUT2D eigenvalue weighted by molar-refractivity contribution is 7.89. The Labute approximate surface area is 181 Å². The summed E-state index contributed by atoms with van der Waals surface area (Å²) in [5, 5.41) is 0. The van der Waals surface area contributed by atoms with E-state index in [-0.39, 0.29) is 12.4 Å². The Bertz CT molecular complexity index is 879. The quantitative estimate of drug-likeness (QED) is 0.640. The van der Waals surface area contributed by atoms with Crippen LogP contribution in [0.15, 0.2) is 53.4 Å². The van der Waals surface area contributed by atoms with Gasteiger partial charge in [0.05, 0.1) is 12.0 Å². The molecule has 2 aromatic carbocycles. The zero-order valence-electron chi connectivity index (χ0n) is 17.3. The minimum absolute atomic E-state index is 0. The largest absolute Gasteiger partial charge is 1.00 e. The summed E-state index contributed by atoms with van der Waals surface area (Å²) >= 11 is 0. The second-order valence-corrected chi connectivity index (χ2v) is 9.35. The predicted octanol–water partition coefficient (Wildman–Crippen LogP) is 0.719. The Kier molecular flexibility index (Phi) is 8.52. The lowest BCUT2D eigenvalue weighted by Gasteiger charge is -2.34. The number of benzene rings is 2. The SMILES string of the molecule is CCC(C)c1ccc(S(=O)(=O)N2CCN(Cc3cccc(OC)c3)CC2)cc1.[Cl-]. The number of hydrogen-bond acceptors (Lipinski definition) is 4. The second kappa shape index (κ2) is 10.4. The maximum atomic E-state index is 13.0. The van der Waals surface area contributed by atoms with Crippen LogP contribution in [0.4, 0.5) is 0 Å². The first-order valence-electron chi connectivity index (χ1n) is 9.89. The molecule has 0 bridgehead atoms. The Morgan fingerprint density at radius 1 is 1.03 bits per heavy atom. The smallest absolute Gasteiger partial charge is 0.243 e. The topological polar surface area (TPSA) is 49.9 Å². The van der Waals surface area contributed by atoms with Crippen LogP contribution in [0.2, 0.25) is 0 Å². The summed E-state index contributed by atoms with van der Waals surface area (Å²) in [6.45, 7) is 7.57. The molecule has 1 heterocycles. The van der Waals surface area contributed by atoms with Gasteiger partial charge in [-0.2, -0.15) is 4.31 Å². The molecule has 0 radical (unpaired) electrons. The third-order valence-corrected chi connectivity index (χ3v) is 7.48. The number of sulfonamides is 1. The molecule has 160 valence electrons. The first-order chi connectivity index (χ1) is 13.4. The van der Waals surface area contributed by atoms with Crippen LogP contribution in [-0.2, 0) is 16.6 Å². The Balaban J connectivity index is 0.00000300. The first-order valence-corrected chi connectivity index (χ1v) is 11.3. The minimum Gasteiger partial charge on any atom is -1.00 e. The zero-order valence-corrected chi connectivity index (χ0v) is 18.9. The number of nitrogens with zero attached hydrogens (tertiary/aromatic N) is 2. The van der Waals surface area contributed by atoms with E-state index in [0.29, 0.717) is 23.9 Å². The molecule has 1 atom stereocenters. The van der Waals surface area contributed by atoms with Crippen LogP contribution < -0.4 is 17.1 Å². The van der Waals surface area contributed by atoms with Gasteiger partial charge >= 0.3 is 0 Å². The van der Waals surface area contributed by atoms with Gasteiger partial charge in [0.25, 0.3) is 0 Å². The predicted molar refractivity (Wildman–Crippen MR) is 112 cm³/mol. The number of piperazine rings is 1. The summed E-state index contributed by atoms with van der Waals surface area (Å²) in [5.74, 6) is 1.29. The van der Waals surface area contributed by atoms with Gasteiger partial charge in [-0.1, -0.05) is 38.1 Å². The Morgan fingerprint density at radius 2 is 1.69 bits per heavy atom. The average Bonchev–Trinajstić information content (AvgIpc) is 2.74. The van der Waals surface area contributed by atoms with Crippen LogP contribution in [0, 0.1) is 0 Å². The van der Waals surface area contributed by atoms with E-state index in [2.05, 4.69) is 24.8 Å². The van der Waals surface area contributed by atoms with Gasteiger partial charge in [0.15, 0.2) is 0 Å². The monoisotopic (exact) mass is 437 g/mol. The van der Waals surface area contributed by atoms with Gasteiger partial charge in [-0.3, -0.25) is 4.90 Å². The van der Waals surface area contributed by atoms with E-state index in [1.165, 1.54) is 11.1 Å². The van der Waals surface area contributed by atoms with Crippen molar-refractivity contribution in [2.24, 2.45) is 0 Å². The zero-order chi connectivity index (χ0) is 20.1. The number of halogens is 1. The molecule has 0 N–H and O–H groups in total. The van der Waals surface area contributed by atoms with Crippen LogP contribution >= 0.6 is 0 Å². The van der Waals surface area contributed by atoms with E-state index in [9.17, 15) is 8.42 Å². The highest BCUT2D eigenvalue weighted by Crippen LogP contribution is 2.23. The Morgan fingerprint density at radius 3 is 2.28 bits per heavy atom. The van der Waals surface area contributed by atoms with Crippen molar-refractivity contribution < 1.29 is 25.6 Å². The van der Waals surface area contributed by atoms with Gasteiger partial charge in [-0.05, 0) is 47.7 Å². The molecule has 0 spiro atoms. The van der Waals surface area contributed by atoms with Crippen LogP contribution in [0.3, 0.4) is 0 Å². The lowest BCUT2D eigenvalue weighted by atomic mass is 9.99. The number of hydrogen-bond donors (Lipinski definition) is 0. The van der Waals surface area contributed by atoms with E-state index in [0.717, 1.165) is 31.8 Å². The summed E-state index contributed by atoms with van der Waals surface area (Å²) in [4.78, 5) is 2.67. The summed E-state index contributed by atoms with van der Waals surface area (Å²) in [5.41, 5.74) is 2.36. The molecule has 0 aliphatic carbocycles. The van der Waals surface area contributed by atoms with Crippen LogP contribution in [-0.4, -0.2) is 50.9 Å². The van der Waals surface area contributed by atoms with Gasteiger partial charge in [0, 0.05) is 32.7 Å². The van der Waals surface area contributed by atoms with Gasteiger partial charge in [-0.15, -0.1) is 0 Å². The van der Waals surface area contributed by atoms with Crippen molar-refractivity contribution in [3.05, 3.63) is 59.7 Å². The van der Waals surface area contributed by atoms with Crippen molar-refractivity contribution in [2.45, 2.75) is 37.6 Å². The molecule has 0 aromatic heterocycles. The summed E-state index contributed by atoms with van der Waals surface area (Å²) in [6.07, 6.45) is 1.04. The molecule has 7 heteroatoms. The van der Waals surface area contributed by atoms with Crippen LogP contribution in [0.25, 0.3) is 0 Å². The molecule has 1 aliphatic rings. The molecule has 3 rings (SSSR count). The van der Waals surface area contributed by atoms with Gasteiger partial charge in [0.2, 0.25) is 10.0 Å². The number of rotatable bonds is 7. The lowest BCUT2D eigenvalue weighted by molar-refractivity contribution is -0.00000885. The first kappa shape index (κ1) is 23.7. The molecule has 0 saturated carbocycles. The standard InChI is InChI=1S/C22H30N2O3S.ClH/c1-4-18(2)20-8-10-22(11-9-20)28(25,26)24-14-12-23(13-15-24)17-19-6-5-7-21(16-19)27-3;/h5-11,16,18H,4,12-15,17H2,1-3H3;1H/p-1. The fourth-order valence-electron chi connectivity index (χ4n) is 3.51. The van der Waals surface area contributed by atoms with Crippen molar-refractivity contribution in [3.8, 4) is 5.75 Å². The molecule has 1 unspecified atom stereocenters. The van der Waals surface area contributed by atoms with Crippen molar-refractivity contribution in [2.75, 3.05) is 33.3 Å². The van der Waals surface area contributed by atoms with Gasteiger partial charge in [0.1, 0.15) is 5.75 Å². The van der Waals surface area contributed by atoms with E-state index in [1.54, 1.807) is 23.5 Å². The van der Waals surface area contributed by atoms with E-state index in [4.69, 9.17) is 4.74 Å². The highest BCUT2D eigenvalue weighted by Gasteiger charge is 2.28. The van der Waals surface area contributed by atoms with Crippen LogP contribution in [0.1, 0.15) is 37.3 Å². The normalized spacial score (nSPS) is 16.8. The maximum absolute atomic E-state index is 13.0. The van der Waals surface area contributed by atoms with Crippen molar-refractivity contribution in [1.82, 2.24) is 9.21 Å². The van der Waals surface area contributed by atoms with Gasteiger partial charge in [-0.25, -0.2) is 8.42 Å². The Hall–Kier alpha value is -1.60. The lowest BCUT2D eigenvalue weighted by Crippen LogP contribution is -3.00. The summed E-state index contributed by atoms with van der Waals surface area (Å²) < 4.78 is 32.8. The molecule has 2 aromatic rings. The van der Waals surface area contributed by atoms with Crippen LogP contribution in [0.5, 0.6) is 5.75 Å². The van der Waals surface area contributed by atoms with Crippen molar-refractivity contribution in [3.63, 3.8) is 0 Å². The molecular weight excluding hydrogens is 408 g/mol. The molecule has 5 nitrogen and oxygen atoms in total. The van der Waals surface area contributed by atoms with Gasteiger partial charge < -0.3 is 17.1 Å². The molecule has 1 saturated heterocycles. The molecule has 29 heavy (non-hydrogen) atoms. The second-order valence-electron chi connectivity index (χ2n) is 7.41. The number of ether oxygens (including phenoxy) is 1. The number of methoxy groups -OCH3 is 1. The fraction of sp³-hybridized carbons (Fsp3) is 0.455. The van der Waals surface area contributed by atoms with E-state index in [1.807, 2.05) is 30.3 Å². The average molecular weight is 438 g/mol.